The second-order valence-electron chi connectivity index (χ2n) is 5.69. The molecule has 2 saturated heterocycles. The molecule has 2 N–H and O–H groups in total. The largest absolute Gasteiger partial charge is 0.481 e. The highest BCUT2D eigenvalue weighted by Gasteiger charge is 2.39. The Hall–Kier alpha value is -1.30. The molecule has 0 aliphatic carbocycles. The van der Waals surface area contributed by atoms with Gasteiger partial charge in [0.1, 0.15) is 0 Å². The number of likely N-dealkylation sites (tertiary alicyclic amines) is 2. The van der Waals surface area contributed by atoms with E-state index in [-0.39, 0.29) is 24.5 Å². The number of carboxylic acids is 1. The molecular weight excluding hydrogens is 248 g/mol. The molecule has 6 heteroatoms. The number of aliphatic hydroxyl groups excluding tert-OH is 1. The van der Waals surface area contributed by atoms with Crippen LogP contribution in [-0.2, 0) is 4.79 Å². The number of urea groups is 1. The molecule has 0 saturated carbocycles. The van der Waals surface area contributed by atoms with E-state index in [1.807, 2.05) is 4.90 Å². The Kier molecular flexibility index (Phi) is 4.29. The van der Waals surface area contributed by atoms with Crippen LogP contribution in [0, 0.1) is 17.8 Å². The molecule has 2 fully saturated rings. The van der Waals surface area contributed by atoms with Gasteiger partial charge in [-0.3, -0.25) is 4.79 Å². The van der Waals surface area contributed by atoms with E-state index in [0.717, 1.165) is 12.8 Å². The normalized spacial score (nSPS) is 23.1. The third kappa shape index (κ3) is 3.00. The first-order valence-corrected chi connectivity index (χ1v) is 6.90. The van der Waals surface area contributed by atoms with Crippen molar-refractivity contribution in [3.63, 3.8) is 0 Å². The Morgan fingerprint density at radius 2 is 1.79 bits per heavy atom. The summed E-state index contributed by atoms with van der Waals surface area (Å²) in [4.78, 5) is 26.5. The molecule has 0 spiro atoms. The Morgan fingerprint density at radius 3 is 2.26 bits per heavy atom. The van der Waals surface area contributed by atoms with Crippen LogP contribution in [0.2, 0.25) is 0 Å². The van der Waals surface area contributed by atoms with Crippen molar-refractivity contribution in [1.82, 2.24) is 9.80 Å². The van der Waals surface area contributed by atoms with Gasteiger partial charge in [-0.2, -0.15) is 0 Å². The van der Waals surface area contributed by atoms with Crippen molar-refractivity contribution in [3.8, 4) is 0 Å². The second kappa shape index (κ2) is 5.77. The molecule has 1 atom stereocenters. The summed E-state index contributed by atoms with van der Waals surface area (Å²) in [6.45, 7) is 4.38. The van der Waals surface area contributed by atoms with Gasteiger partial charge in [-0.25, -0.2) is 4.79 Å². The van der Waals surface area contributed by atoms with Crippen LogP contribution in [0.15, 0.2) is 0 Å². The van der Waals surface area contributed by atoms with Crippen molar-refractivity contribution in [2.75, 3.05) is 32.8 Å². The van der Waals surface area contributed by atoms with Gasteiger partial charge in [0, 0.05) is 38.7 Å². The van der Waals surface area contributed by atoms with E-state index < -0.39 is 5.97 Å². The van der Waals surface area contributed by atoms with Crippen LogP contribution in [0.5, 0.6) is 0 Å². The van der Waals surface area contributed by atoms with Crippen molar-refractivity contribution in [2.24, 2.45) is 17.8 Å². The van der Waals surface area contributed by atoms with Gasteiger partial charge in [-0.1, -0.05) is 6.92 Å². The van der Waals surface area contributed by atoms with Crippen LogP contribution in [0.1, 0.15) is 19.8 Å². The molecule has 2 amide bonds. The van der Waals surface area contributed by atoms with Gasteiger partial charge in [-0.05, 0) is 18.8 Å². The molecule has 2 rings (SSSR count). The maximum atomic E-state index is 12.2. The smallest absolute Gasteiger partial charge is 0.320 e. The number of carbonyl (C=O) groups excluding carboxylic acids is 1. The molecular formula is C13H22N2O4. The molecule has 0 bridgehead atoms. The van der Waals surface area contributed by atoms with Crippen molar-refractivity contribution >= 4 is 12.0 Å². The second-order valence-corrected chi connectivity index (χ2v) is 5.69. The summed E-state index contributed by atoms with van der Waals surface area (Å²) in [5.74, 6) is -0.776. The molecule has 0 aromatic rings. The van der Waals surface area contributed by atoms with E-state index in [1.165, 1.54) is 0 Å². The number of hydrogen-bond acceptors (Lipinski definition) is 3. The van der Waals surface area contributed by atoms with Gasteiger partial charge in [0.05, 0.1) is 5.92 Å². The maximum absolute atomic E-state index is 12.2. The lowest BCUT2D eigenvalue weighted by atomic mass is 9.87. The van der Waals surface area contributed by atoms with Gasteiger partial charge in [0.2, 0.25) is 0 Å². The number of rotatable bonds is 3. The van der Waals surface area contributed by atoms with Crippen LogP contribution in [0.25, 0.3) is 0 Å². The minimum atomic E-state index is -0.791. The van der Waals surface area contributed by atoms with E-state index in [2.05, 4.69) is 0 Å². The lowest BCUT2D eigenvalue weighted by molar-refractivity contribution is -0.144. The van der Waals surface area contributed by atoms with Crippen molar-refractivity contribution in [1.29, 1.82) is 0 Å². The summed E-state index contributed by atoms with van der Waals surface area (Å²) in [5, 5.41) is 18.0. The van der Waals surface area contributed by atoms with Crippen LogP contribution in [-0.4, -0.2) is 64.8 Å². The molecule has 2 heterocycles. The number of amides is 2. The van der Waals surface area contributed by atoms with Crippen LogP contribution in [0.4, 0.5) is 4.79 Å². The number of nitrogens with zero attached hydrogens (tertiary/aromatic N) is 2. The van der Waals surface area contributed by atoms with E-state index in [0.29, 0.717) is 32.1 Å². The fraction of sp³-hybridized carbons (Fsp3) is 0.846. The number of hydrogen-bond donors (Lipinski definition) is 2. The predicted octanol–water partition coefficient (Wildman–Crippen LogP) is 0.463. The van der Waals surface area contributed by atoms with E-state index in [9.17, 15) is 9.59 Å². The van der Waals surface area contributed by atoms with E-state index >= 15 is 0 Å². The highest BCUT2D eigenvalue weighted by Crippen LogP contribution is 2.26. The zero-order valence-corrected chi connectivity index (χ0v) is 11.3. The van der Waals surface area contributed by atoms with Crippen LogP contribution < -0.4 is 0 Å². The van der Waals surface area contributed by atoms with Gasteiger partial charge < -0.3 is 20.0 Å². The Morgan fingerprint density at radius 1 is 1.21 bits per heavy atom. The zero-order chi connectivity index (χ0) is 14.0. The average molecular weight is 270 g/mol. The molecule has 108 valence electrons. The summed E-state index contributed by atoms with van der Waals surface area (Å²) in [6.07, 6.45) is 1.70. The molecule has 0 radical (unpaired) electrons. The molecule has 2 aliphatic rings. The van der Waals surface area contributed by atoms with Gasteiger partial charge in [-0.15, -0.1) is 0 Å². The number of carbonyl (C=O) groups is 2. The molecule has 19 heavy (non-hydrogen) atoms. The molecule has 6 nitrogen and oxygen atoms in total. The summed E-state index contributed by atoms with van der Waals surface area (Å²) in [7, 11) is 0. The highest BCUT2D eigenvalue weighted by molar-refractivity contribution is 5.76. The lowest BCUT2D eigenvalue weighted by Crippen LogP contribution is -2.58. The van der Waals surface area contributed by atoms with E-state index in [1.54, 1.807) is 11.8 Å². The van der Waals surface area contributed by atoms with Crippen molar-refractivity contribution in [3.05, 3.63) is 0 Å². The molecule has 0 aromatic heterocycles. The van der Waals surface area contributed by atoms with Crippen molar-refractivity contribution < 1.29 is 19.8 Å². The fourth-order valence-electron chi connectivity index (χ4n) is 2.69. The third-order valence-corrected chi connectivity index (χ3v) is 4.42. The first-order valence-electron chi connectivity index (χ1n) is 6.90. The van der Waals surface area contributed by atoms with Gasteiger partial charge >= 0.3 is 12.0 Å². The number of aliphatic carboxylic acids is 1. The zero-order valence-electron chi connectivity index (χ0n) is 11.3. The number of aliphatic hydroxyl groups is 1. The Labute approximate surface area is 113 Å². The highest BCUT2D eigenvalue weighted by atomic mass is 16.4. The van der Waals surface area contributed by atoms with Gasteiger partial charge in [0.15, 0.2) is 0 Å². The van der Waals surface area contributed by atoms with Crippen molar-refractivity contribution in [2.45, 2.75) is 19.8 Å². The summed E-state index contributed by atoms with van der Waals surface area (Å²) in [5.41, 5.74) is 0. The lowest BCUT2D eigenvalue weighted by Gasteiger charge is -2.44. The van der Waals surface area contributed by atoms with Gasteiger partial charge in [0.25, 0.3) is 0 Å². The molecule has 2 aliphatic heterocycles. The quantitative estimate of drug-likeness (QED) is 0.781. The Balaban J connectivity index is 1.76. The SMILES string of the molecule is CC(C(=O)O)C1CN(C(=O)N2CCC(CO)CC2)C1. The third-order valence-electron chi connectivity index (χ3n) is 4.42. The Bertz CT molecular complexity index is 347. The summed E-state index contributed by atoms with van der Waals surface area (Å²) in [6, 6.07) is 0.0187. The standard InChI is InChI=1S/C13H22N2O4/c1-9(12(17)18)11-6-15(7-11)13(19)14-4-2-10(8-16)3-5-14/h9-11,16H,2-8H2,1H3,(H,17,18). The first kappa shape index (κ1) is 14.1. The van der Waals surface area contributed by atoms with E-state index in [4.69, 9.17) is 10.2 Å². The number of carboxylic acid groups (broad SMARTS) is 1. The maximum Gasteiger partial charge on any atom is 0.320 e. The molecule has 1 unspecified atom stereocenters. The fourth-order valence-corrected chi connectivity index (χ4v) is 2.69. The predicted molar refractivity (Wildman–Crippen MR) is 68.6 cm³/mol. The van der Waals surface area contributed by atoms with Crippen LogP contribution in [0.3, 0.4) is 0 Å². The summed E-state index contributed by atoms with van der Waals surface area (Å²) >= 11 is 0. The topological polar surface area (TPSA) is 81.1 Å². The number of piperidine rings is 1. The summed E-state index contributed by atoms with van der Waals surface area (Å²) < 4.78 is 0. The average Bonchev–Trinajstić information content (AvgIpc) is 2.36. The molecule has 0 aromatic carbocycles. The minimum Gasteiger partial charge on any atom is -0.481 e. The monoisotopic (exact) mass is 270 g/mol. The minimum absolute atomic E-state index is 0.0187. The first-order chi connectivity index (χ1) is 9.02. The van der Waals surface area contributed by atoms with Crippen LogP contribution >= 0.6 is 0 Å².